The number of imidazole rings is 1. The maximum Gasteiger partial charge on any atom is 0.159 e. The number of anilines is 1. The third-order valence-corrected chi connectivity index (χ3v) is 2.16. The Kier molecular flexibility index (Phi) is 2.62. The predicted octanol–water partition coefficient (Wildman–Crippen LogP) is 1.27. The zero-order valence-electron chi connectivity index (χ0n) is 8.81. The minimum atomic E-state index is 0.753. The summed E-state index contributed by atoms with van der Waals surface area (Å²) in [6, 6.07) is 0. The van der Waals surface area contributed by atoms with Crippen molar-refractivity contribution < 1.29 is 0 Å². The van der Waals surface area contributed by atoms with Gasteiger partial charge in [-0.1, -0.05) is 6.92 Å². The molecule has 0 aliphatic rings. The van der Waals surface area contributed by atoms with E-state index in [1.54, 1.807) is 18.6 Å². The van der Waals surface area contributed by atoms with Crippen LogP contribution in [0.25, 0.3) is 5.82 Å². The Balaban J connectivity index is 2.44. The molecule has 5 nitrogen and oxygen atoms in total. The first-order valence-corrected chi connectivity index (χ1v) is 4.87. The molecule has 0 aliphatic heterocycles. The molecular formula is C10H13N5. The predicted molar refractivity (Wildman–Crippen MR) is 58.1 cm³/mol. The largest absolute Gasteiger partial charge is 0.372 e. The lowest BCUT2D eigenvalue weighted by molar-refractivity contribution is 0.861. The van der Waals surface area contributed by atoms with E-state index in [2.05, 4.69) is 27.2 Å². The lowest BCUT2D eigenvalue weighted by Gasteiger charge is -2.06. The van der Waals surface area contributed by atoms with E-state index >= 15 is 0 Å². The number of rotatable bonds is 3. The molecule has 2 aromatic rings. The van der Waals surface area contributed by atoms with E-state index < -0.39 is 0 Å². The molecular weight excluding hydrogens is 190 g/mol. The highest BCUT2D eigenvalue weighted by molar-refractivity contribution is 5.35. The molecule has 0 saturated heterocycles. The molecule has 0 aromatic carbocycles. The highest BCUT2D eigenvalue weighted by atomic mass is 15.2. The van der Waals surface area contributed by atoms with Gasteiger partial charge in [-0.05, 0) is 0 Å². The van der Waals surface area contributed by atoms with Crippen molar-refractivity contribution in [1.29, 1.82) is 0 Å². The molecule has 2 rings (SSSR count). The maximum atomic E-state index is 4.39. The second kappa shape index (κ2) is 4.08. The molecule has 0 fully saturated rings. The van der Waals surface area contributed by atoms with Crippen molar-refractivity contribution in [2.45, 2.75) is 13.3 Å². The first-order valence-electron chi connectivity index (χ1n) is 4.87. The molecule has 5 heteroatoms. The summed E-state index contributed by atoms with van der Waals surface area (Å²) in [5.41, 5.74) is 0. The molecule has 0 bridgehead atoms. The lowest BCUT2D eigenvalue weighted by atomic mass is 10.4. The topological polar surface area (TPSA) is 55.6 Å². The van der Waals surface area contributed by atoms with Gasteiger partial charge in [0, 0.05) is 25.9 Å². The molecule has 0 spiro atoms. The first-order chi connectivity index (χ1) is 7.35. The van der Waals surface area contributed by atoms with Crippen LogP contribution in [0.15, 0.2) is 24.8 Å². The number of aryl methyl sites for hydroxylation is 1. The average Bonchev–Trinajstić information content (AvgIpc) is 2.77. The summed E-state index contributed by atoms with van der Waals surface area (Å²) in [7, 11) is 1.82. The molecule has 0 amide bonds. The molecule has 2 heterocycles. The SMILES string of the molecule is CCc1nccn1-c1cncc(NC)n1. The van der Waals surface area contributed by atoms with Crippen LogP contribution in [0.3, 0.4) is 0 Å². The van der Waals surface area contributed by atoms with E-state index in [1.807, 2.05) is 17.8 Å². The lowest BCUT2D eigenvalue weighted by Crippen LogP contribution is -2.04. The van der Waals surface area contributed by atoms with Crippen LogP contribution in [0.4, 0.5) is 5.82 Å². The van der Waals surface area contributed by atoms with Gasteiger partial charge in [0.2, 0.25) is 0 Å². The fourth-order valence-electron chi connectivity index (χ4n) is 1.40. The third kappa shape index (κ3) is 1.81. The molecule has 0 radical (unpaired) electrons. The summed E-state index contributed by atoms with van der Waals surface area (Å²) in [6.45, 7) is 2.06. The molecule has 1 N–H and O–H groups in total. The van der Waals surface area contributed by atoms with Crippen LogP contribution in [0.2, 0.25) is 0 Å². The number of hydrogen-bond acceptors (Lipinski definition) is 4. The van der Waals surface area contributed by atoms with E-state index in [0.29, 0.717) is 0 Å². The molecule has 0 aliphatic carbocycles. The van der Waals surface area contributed by atoms with Gasteiger partial charge >= 0.3 is 0 Å². The van der Waals surface area contributed by atoms with E-state index in [9.17, 15) is 0 Å². The third-order valence-electron chi connectivity index (χ3n) is 2.16. The number of hydrogen-bond donors (Lipinski definition) is 1. The van der Waals surface area contributed by atoms with Gasteiger partial charge in [0.25, 0.3) is 0 Å². The van der Waals surface area contributed by atoms with Crippen LogP contribution in [0.5, 0.6) is 0 Å². The van der Waals surface area contributed by atoms with Gasteiger partial charge in [-0.2, -0.15) is 0 Å². The zero-order chi connectivity index (χ0) is 10.7. The van der Waals surface area contributed by atoms with Gasteiger partial charge < -0.3 is 5.32 Å². The van der Waals surface area contributed by atoms with Crippen LogP contribution in [0, 0.1) is 0 Å². The number of aromatic nitrogens is 4. The van der Waals surface area contributed by atoms with Crippen molar-refractivity contribution in [3.8, 4) is 5.82 Å². The standard InChI is InChI=1S/C10H13N5/c1-3-9-13-4-5-15(9)10-7-12-6-8(11-2)14-10/h4-7H,3H2,1-2H3,(H,11,14). The molecule has 15 heavy (non-hydrogen) atoms. The summed E-state index contributed by atoms with van der Waals surface area (Å²) in [6.07, 6.45) is 7.95. The van der Waals surface area contributed by atoms with E-state index in [4.69, 9.17) is 0 Å². The first kappa shape index (κ1) is 9.64. The zero-order valence-corrected chi connectivity index (χ0v) is 8.81. The quantitative estimate of drug-likeness (QED) is 0.816. The van der Waals surface area contributed by atoms with Crippen molar-refractivity contribution in [1.82, 2.24) is 19.5 Å². The van der Waals surface area contributed by atoms with Crippen LogP contribution < -0.4 is 5.32 Å². The second-order valence-electron chi connectivity index (χ2n) is 3.08. The Labute approximate surface area is 88.2 Å². The monoisotopic (exact) mass is 203 g/mol. The average molecular weight is 203 g/mol. The second-order valence-corrected chi connectivity index (χ2v) is 3.08. The maximum absolute atomic E-state index is 4.39. The van der Waals surface area contributed by atoms with Crippen molar-refractivity contribution in [2.75, 3.05) is 12.4 Å². The summed E-state index contributed by atoms with van der Waals surface area (Å²) >= 11 is 0. The van der Waals surface area contributed by atoms with Gasteiger partial charge in [0.1, 0.15) is 11.6 Å². The van der Waals surface area contributed by atoms with Gasteiger partial charge in [-0.25, -0.2) is 9.97 Å². The van der Waals surface area contributed by atoms with Crippen molar-refractivity contribution in [2.24, 2.45) is 0 Å². The van der Waals surface area contributed by atoms with Gasteiger partial charge in [0.15, 0.2) is 5.82 Å². The van der Waals surface area contributed by atoms with Gasteiger partial charge in [-0.3, -0.25) is 9.55 Å². The summed E-state index contributed by atoms with van der Waals surface area (Å²) in [4.78, 5) is 12.7. The Morgan fingerprint density at radius 3 is 3.00 bits per heavy atom. The van der Waals surface area contributed by atoms with Crippen molar-refractivity contribution in [3.63, 3.8) is 0 Å². The summed E-state index contributed by atoms with van der Waals surface area (Å²) < 4.78 is 1.94. The van der Waals surface area contributed by atoms with Gasteiger partial charge in [-0.15, -0.1) is 0 Å². The Hall–Kier alpha value is -1.91. The van der Waals surface area contributed by atoms with E-state index in [1.165, 1.54) is 0 Å². The van der Waals surface area contributed by atoms with Gasteiger partial charge in [0.05, 0.1) is 12.4 Å². The molecule has 0 saturated carbocycles. The minimum absolute atomic E-state index is 0.753. The Morgan fingerprint density at radius 1 is 1.40 bits per heavy atom. The van der Waals surface area contributed by atoms with Crippen LogP contribution >= 0.6 is 0 Å². The molecule has 78 valence electrons. The fraction of sp³-hybridized carbons (Fsp3) is 0.300. The van der Waals surface area contributed by atoms with Crippen molar-refractivity contribution >= 4 is 5.82 Å². The van der Waals surface area contributed by atoms with E-state index in [0.717, 1.165) is 23.9 Å². The van der Waals surface area contributed by atoms with Crippen LogP contribution in [0.1, 0.15) is 12.7 Å². The highest BCUT2D eigenvalue weighted by Crippen LogP contribution is 2.09. The Morgan fingerprint density at radius 2 is 2.27 bits per heavy atom. The van der Waals surface area contributed by atoms with Crippen LogP contribution in [-0.4, -0.2) is 26.6 Å². The Bertz CT molecular complexity index is 449. The summed E-state index contributed by atoms with van der Waals surface area (Å²) in [5.74, 6) is 2.53. The van der Waals surface area contributed by atoms with E-state index in [-0.39, 0.29) is 0 Å². The van der Waals surface area contributed by atoms with Crippen molar-refractivity contribution in [3.05, 3.63) is 30.6 Å². The number of nitrogens with zero attached hydrogens (tertiary/aromatic N) is 4. The van der Waals surface area contributed by atoms with Crippen LogP contribution in [-0.2, 0) is 6.42 Å². The minimum Gasteiger partial charge on any atom is -0.372 e. The molecule has 0 atom stereocenters. The fourth-order valence-corrected chi connectivity index (χ4v) is 1.40. The normalized spacial score (nSPS) is 10.3. The highest BCUT2D eigenvalue weighted by Gasteiger charge is 2.04. The molecule has 2 aromatic heterocycles. The summed E-state index contributed by atoms with van der Waals surface area (Å²) in [5, 5.41) is 2.96. The molecule has 0 unspecified atom stereocenters. The number of nitrogens with one attached hydrogen (secondary N) is 1. The smallest absolute Gasteiger partial charge is 0.159 e.